The van der Waals surface area contributed by atoms with E-state index in [0.29, 0.717) is 5.75 Å². The first kappa shape index (κ1) is 55.5. The van der Waals surface area contributed by atoms with Gasteiger partial charge in [-0.1, -0.05) is 163 Å². The first-order chi connectivity index (χ1) is 38.8. The molecule has 0 bridgehead atoms. The molecule has 9 rings (SSSR count). The topological polar surface area (TPSA) is 201 Å². The van der Waals surface area contributed by atoms with Crippen molar-refractivity contribution >= 4 is 17.9 Å². The highest BCUT2D eigenvalue weighted by atomic mass is 16.7. The molecule has 0 amide bonds. The molecular weight excluding hydrogens is 1010 g/mol. The third kappa shape index (κ3) is 15.3. The highest BCUT2D eigenvalue weighted by Crippen LogP contribution is 2.37. The minimum absolute atomic E-state index is 0.00830. The molecule has 2 aliphatic rings. The van der Waals surface area contributed by atoms with Crippen LogP contribution in [0.1, 0.15) is 53.3 Å². The number of hydrogen-bond acceptors (Lipinski definition) is 15. The minimum atomic E-state index is -1.68. The molecule has 7 aromatic carbocycles. The van der Waals surface area contributed by atoms with E-state index in [1.807, 2.05) is 115 Å². The summed E-state index contributed by atoms with van der Waals surface area (Å²) >= 11 is 0. The zero-order valence-corrected chi connectivity index (χ0v) is 43.2. The number of azide groups is 1. The molecule has 17 heteroatoms. The summed E-state index contributed by atoms with van der Waals surface area (Å²) in [6.45, 7) is -0.166. The van der Waals surface area contributed by atoms with E-state index in [4.69, 9.17) is 52.1 Å². The predicted octanol–water partition coefficient (Wildman–Crippen LogP) is 10.4. The van der Waals surface area contributed by atoms with Crippen LogP contribution in [-0.2, 0) is 73.8 Å². The van der Waals surface area contributed by atoms with E-state index in [1.165, 1.54) is 12.1 Å². The Kier molecular flexibility index (Phi) is 20.0. The molecule has 7 aromatic rings. The Morgan fingerprint density at radius 3 is 1.39 bits per heavy atom. The maximum atomic E-state index is 14.5. The van der Waals surface area contributed by atoms with E-state index in [9.17, 15) is 19.9 Å². The van der Waals surface area contributed by atoms with Crippen LogP contribution in [0.15, 0.2) is 211 Å². The third-order valence-corrected chi connectivity index (χ3v) is 13.1. The lowest BCUT2D eigenvalue weighted by Gasteiger charge is -2.49. The van der Waals surface area contributed by atoms with E-state index in [2.05, 4.69) is 10.0 Å². The molecule has 0 aliphatic carbocycles. The van der Waals surface area contributed by atoms with Gasteiger partial charge in [-0.05, 0) is 76.3 Å². The number of benzene rings is 7. The van der Waals surface area contributed by atoms with Gasteiger partial charge in [0.25, 0.3) is 0 Å². The smallest absolute Gasteiger partial charge is 0.338 e. The van der Waals surface area contributed by atoms with E-state index in [1.54, 1.807) is 86.0 Å². The summed E-state index contributed by atoms with van der Waals surface area (Å²) in [7, 11) is 1.58. The number of ether oxygens (including phenoxy) is 11. The van der Waals surface area contributed by atoms with Crippen molar-refractivity contribution in [3.63, 3.8) is 0 Å². The van der Waals surface area contributed by atoms with Gasteiger partial charge in [-0.2, -0.15) is 0 Å². The summed E-state index contributed by atoms with van der Waals surface area (Å²) in [4.78, 5) is 45.4. The second kappa shape index (κ2) is 28.4. The van der Waals surface area contributed by atoms with Gasteiger partial charge in [0.2, 0.25) is 0 Å². The molecule has 2 heterocycles. The Labute approximate surface area is 457 Å². The summed E-state index contributed by atoms with van der Waals surface area (Å²) in [6.07, 6.45) is -13.5. The lowest BCUT2D eigenvalue weighted by Crippen LogP contribution is -2.66. The molecule has 2 fully saturated rings. The van der Waals surface area contributed by atoms with Crippen LogP contribution in [0.25, 0.3) is 10.4 Å². The third-order valence-electron chi connectivity index (χ3n) is 13.1. The zero-order chi connectivity index (χ0) is 54.6. The fourth-order valence-corrected chi connectivity index (χ4v) is 9.10. The highest BCUT2D eigenvalue weighted by molar-refractivity contribution is 5.91. The second-order valence-corrected chi connectivity index (χ2v) is 18.5. The number of carbonyl (C=O) groups is 3. The highest BCUT2D eigenvalue weighted by Gasteiger charge is 2.56. The molecule has 0 aromatic heterocycles. The molecule has 0 saturated carbocycles. The monoisotopic (exact) mass is 1070 g/mol. The molecule has 406 valence electrons. The van der Waals surface area contributed by atoms with Crippen LogP contribution in [0.2, 0.25) is 0 Å². The van der Waals surface area contributed by atoms with E-state index in [-0.39, 0.29) is 49.7 Å². The van der Waals surface area contributed by atoms with Crippen molar-refractivity contribution in [2.24, 2.45) is 5.11 Å². The Bertz CT molecular complexity index is 3030. The standard InChI is InChI=1S/C62H59N3O14/c1-69-49-34-32-45(33-35-49)39-73-57-54(72-38-44-24-12-4-13-25-44)52(71-37-43-22-10-3-11-23-43)50(40-70-36-42-20-8-2-9-21-42)76-62(57)79-53-51(41-74-59(66)46-26-14-5-15-27-46)75-58(64-65-63)56(78-61(68)48-30-18-7-19-31-48)55(53)77-60(67)47-28-16-6-17-29-47/h2-35,50-58,62H,36-41H2,1H3/t50-,51-,52+,53+,54+,55+,56-,57-,58-,62-/m1/s1. The molecule has 79 heavy (non-hydrogen) atoms. The predicted molar refractivity (Wildman–Crippen MR) is 287 cm³/mol. The van der Waals surface area contributed by atoms with Gasteiger partial charge in [0.15, 0.2) is 24.7 Å². The molecule has 0 N–H and O–H groups in total. The van der Waals surface area contributed by atoms with Gasteiger partial charge in [0, 0.05) is 4.91 Å². The van der Waals surface area contributed by atoms with Crippen molar-refractivity contribution in [1.29, 1.82) is 0 Å². The molecule has 0 spiro atoms. The number of hydrogen-bond donors (Lipinski definition) is 0. The summed E-state index contributed by atoms with van der Waals surface area (Å²) in [5.41, 5.74) is 13.9. The number of rotatable bonds is 24. The van der Waals surface area contributed by atoms with Gasteiger partial charge >= 0.3 is 17.9 Å². The molecule has 0 unspecified atom stereocenters. The summed E-state index contributed by atoms with van der Waals surface area (Å²) < 4.78 is 72.1. The summed E-state index contributed by atoms with van der Waals surface area (Å²) in [5, 5.41) is 3.92. The second-order valence-electron chi connectivity index (χ2n) is 18.5. The van der Waals surface area contributed by atoms with Gasteiger partial charge in [0.1, 0.15) is 49.0 Å². The van der Waals surface area contributed by atoms with Crippen molar-refractivity contribution in [3.05, 3.63) is 256 Å². The van der Waals surface area contributed by atoms with Crippen molar-refractivity contribution in [1.82, 2.24) is 0 Å². The quantitative estimate of drug-likeness (QED) is 0.0182. The first-order valence-electron chi connectivity index (χ1n) is 25.8. The van der Waals surface area contributed by atoms with E-state index in [0.717, 1.165) is 22.3 Å². The normalized spacial score (nSPS) is 22.6. The van der Waals surface area contributed by atoms with Crippen LogP contribution in [0.5, 0.6) is 5.75 Å². The molecular formula is C62H59N3O14. The van der Waals surface area contributed by atoms with Crippen LogP contribution >= 0.6 is 0 Å². The minimum Gasteiger partial charge on any atom is -0.497 e. The number of methoxy groups -OCH3 is 1. The van der Waals surface area contributed by atoms with Crippen molar-refractivity contribution < 1.29 is 66.5 Å². The van der Waals surface area contributed by atoms with E-state index < -0.39 is 85.9 Å². The van der Waals surface area contributed by atoms with Gasteiger partial charge in [0.05, 0.1) is 56.8 Å². The first-order valence-corrected chi connectivity index (χ1v) is 25.8. The SMILES string of the molecule is COc1ccc(CO[C@H]2[C@@H](O[C@@H]3[C@H](OC(=O)c4ccccc4)[C@@H](OC(=O)c4ccccc4)[C@H](N=[N+]=[N-])O[C@@H]3COC(=O)c3ccccc3)O[C@H](COCc3ccccc3)[C@H](OCc3ccccc3)[C@@H]2OCc2ccccc2)cc1. The van der Waals surface area contributed by atoms with E-state index >= 15 is 0 Å². The van der Waals surface area contributed by atoms with Crippen molar-refractivity contribution in [3.8, 4) is 5.75 Å². The van der Waals surface area contributed by atoms with Gasteiger partial charge in [-0.25, -0.2) is 14.4 Å². The maximum Gasteiger partial charge on any atom is 0.338 e. The van der Waals surface area contributed by atoms with Gasteiger partial charge < -0.3 is 52.1 Å². The van der Waals surface area contributed by atoms with Crippen LogP contribution in [0, 0.1) is 0 Å². The largest absolute Gasteiger partial charge is 0.497 e. The van der Waals surface area contributed by atoms with Gasteiger partial charge in [-0.3, -0.25) is 0 Å². The average Bonchev–Trinajstić information content (AvgIpc) is 3.59. The zero-order valence-electron chi connectivity index (χ0n) is 43.2. The van der Waals surface area contributed by atoms with Crippen LogP contribution in [0.3, 0.4) is 0 Å². The maximum absolute atomic E-state index is 14.5. The van der Waals surface area contributed by atoms with Gasteiger partial charge in [-0.15, -0.1) is 0 Å². The Hall–Kier alpha value is -8.22. The summed E-state index contributed by atoms with van der Waals surface area (Å²) in [5.74, 6) is -1.81. The van der Waals surface area contributed by atoms with Crippen LogP contribution in [0.4, 0.5) is 0 Å². The number of carbonyl (C=O) groups excluding carboxylic acids is 3. The molecule has 10 atom stereocenters. The Morgan fingerprint density at radius 1 is 0.456 bits per heavy atom. The fraction of sp³-hybridized carbons (Fsp3) is 0.274. The molecule has 2 aliphatic heterocycles. The summed E-state index contributed by atoms with van der Waals surface area (Å²) in [6, 6.07) is 60.7. The number of esters is 3. The van der Waals surface area contributed by atoms with Crippen LogP contribution < -0.4 is 4.74 Å². The Balaban J connectivity index is 1.16. The molecule has 0 radical (unpaired) electrons. The lowest BCUT2D eigenvalue weighted by atomic mass is 9.95. The number of nitrogens with zero attached hydrogens (tertiary/aromatic N) is 3. The van der Waals surface area contributed by atoms with Crippen molar-refractivity contribution in [2.75, 3.05) is 20.3 Å². The average molecular weight is 1070 g/mol. The van der Waals surface area contributed by atoms with Crippen LogP contribution in [-0.4, -0.2) is 99.6 Å². The van der Waals surface area contributed by atoms with Crippen molar-refractivity contribution in [2.45, 2.75) is 87.8 Å². The fourth-order valence-electron chi connectivity index (χ4n) is 9.10. The molecule has 17 nitrogen and oxygen atoms in total. The molecule has 2 saturated heterocycles. The Morgan fingerprint density at radius 2 is 0.886 bits per heavy atom. The lowest BCUT2D eigenvalue weighted by molar-refractivity contribution is -0.357.